The van der Waals surface area contributed by atoms with Crippen molar-refractivity contribution < 1.29 is 4.74 Å². The van der Waals surface area contributed by atoms with E-state index in [1.54, 1.807) is 6.07 Å². The highest BCUT2D eigenvalue weighted by molar-refractivity contribution is 5.88. The molecule has 190 valence electrons. The minimum absolute atomic E-state index is 0.00617. The monoisotopic (exact) mass is 498 g/mol. The van der Waals surface area contributed by atoms with Crippen LogP contribution in [-0.2, 0) is 11.3 Å². The van der Waals surface area contributed by atoms with Gasteiger partial charge in [0.2, 0.25) is 0 Å². The van der Waals surface area contributed by atoms with E-state index in [2.05, 4.69) is 44.5 Å². The van der Waals surface area contributed by atoms with Crippen molar-refractivity contribution in [3.63, 3.8) is 0 Å². The standard InChI is InChI=1S/C27H30N8O2/c1-18-24-26(28)29-17-30-27(24)35(31-18)19(2)22-15-21-5-3-4-8-34(21)25(22)20-6-7-23(36)33(16-20)10-9-32-11-13-37-14-12-32/h3-8,15-17,19H,9-14H2,1-2H3,(H2,28,29,30). The number of aromatic nitrogens is 6. The molecule has 2 N–H and O–H groups in total. The van der Waals surface area contributed by atoms with E-state index >= 15 is 0 Å². The van der Waals surface area contributed by atoms with E-state index in [-0.39, 0.29) is 11.6 Å². The van der Waals surface area contributed by atoms with Crippen LogP contribution in [0.5, 0.6) is 0 Å². The molecule has 1 unspecified atom stereocenters. The lowest BCUT2D eigenvalue weighted by molar-refractivity contribution is 0.0363. The van der Waals surface area contributed by atoms with Crippen molar-refractivity contribution in [1.82, 2.24) is 33.6 Å². The van der Waals surface area contributed by atoms with Crippen LogP contribution < -0.4 is 11.3 Å². The molecule has 1 saturated heterocycles. The summed E-state index contributed by atoms with van der Waals surface area (Å²) in [6.07, 6.45) is 5.50. The van der Waals surface area contributed by atoms with Crippen molar-refractivity contribution in [3.8, 4) is 11.3 Å². The molecule has 0 spiro atoms. The first-order chi connectivity index (χ1) is 18.0. The van der Waals surface area contributed by atoms with Gasteiger partial charge in [0.1, 0.15) is 12.1 Å². The van der Waals surface area contributed by atoms with Crippen LogP contribution in [0.3, 0.4) is 0 Å². The number of anilines is 1. The Bertz CT molecular complexity index is 1640. The Morgan fingerprint density at radius 3 is 2.78 bits per heavy atom. The minimum Gasteiger partial charge on any atom is -0.383 e. The molecular weight excluding hydrogens is 468 g/mol. The summed E-state index contributed by atoms with van der Waals surface area (Å²) in [5.74, 6) is 0.426. The zero-order chi connectivity index (χ0) is 25.5. The van der Waals surface area contributed by atoms with Crippen molar-refractivity contribution in [2.24, 2.45) is 0 Å². The highest BCUT2D eigenvalue weighted by Crippen LogP contribution is 2.35. The fourth-order valence-corrected chi connectivity index (χ4v) is 5.26. The van der Waals surface area contributed by atoms with Crippen LogP contribution in [-0.4, -0.2) is 66.5 Å². The maximum Gasteiger partial charge on any atom is 0.250 e. The predicted octanol–water partition coefficient (Wildman–Crippen LogP) is 2.74. The molecule has 10 heteroatoms. The number of nitrogens with zero attached hydrogens (tertiary/aromatic N) is 7. The molecule has 1 aliphatic rings. The van der Waals surface area contributed by atoms with Crippen LogP contribution in [0.15, 0.2) is 59.9 Å². The van der Waals surface area contributed by atoms with E-state index in [0.29, 0.717) is 18.0 Å². The van der Waals surface area contributed by atoms with Crippen molar-refractivity contribution in [1.29, 1.82) is 0 Å². The lowest BCUT2D eigenvalue weighted by Crippen LogP contribution is -2.39. The Balaban J connectivity index is 1.44. The number of morpholine rings is 1. The highest BCUT2D eigenvalue weighted by Gasteiger charge is 2.23. The average Bonchev–Trinajstić information content (AvgIpc) is 3.47. The Kier molecular flexibility index (Phi) is 5.97. The van der Waals surface area contributed by atoms with Crippen molar-refractivity contribution in [2.75, 3.05) is 38.6 Å². The zero-order valence-corrected chi connectivity index (χ0v) is 21.0. The van der Waals surface area contributed by atoms with E-state index in [4.69, 9.17) is 15.6 Å². The molecule has 0 bridgehead atoms. The molecule has 0 amide bonds. The normalized spacial score (nSPS) is 15.5. The lowest BCUT2D eigenvalue weighted by atomic mass is 10.0. The number of fused-ring (bicyclic) bond motifs is 2. The second-order valence-electron chi connectivity index (χ2n) is 9.51. The maximum atomic E-state index is 12.8. The molecule has 0 aliphatic carbocycles. The summed E-state index contributed by atoms with van der Waals surface area (Å²) in [6.45, 7) is 8.73. The zero-order valence-electron chi connectivity index (χ0n) is 21.0. The van der Waals surface area contributed by atoms with Gasteiger partial charge < -0.3 is 19.4 Å². The first-order valence-electron chi connectivity index (χ1n) is 12.6. The number of nitrogen functional groups attached to an aromatic ring is 1. The van der Waals surface area contributed by atoms with E-state index in [9.17, 15) is 4.79 Å². The predicted molar refractivity (Wildman–Crippen MR) is 143 cm³/mol. The van der Waals surface area contributed by atoms with Gasteiger partial charge in [-0.25, -0.2) is 14.6 Å². The molecule has 6 heterocycles. The third-order valence-corrected chi connectivity index (χ3v) is 7.24. The van der Waals surface area contributed by atoms with Gasteiger partial charge in [-0.15, -0.1) is 0 Å². The molecule has 1 fully saturated rings. The summed E-state index contributed by atoms with van der Waals surface area (Å²) in [5.41, 5.74) is 11.8. The quantitative estimate of drug-likeness (QED) is 0.383. The van der Waals surface area contributed by atoms with Gasteiger partial charge in [-0.3, -0.25) is 9.69 Å². The Morgan fingerprint density at radius 1 is 1.11 bits per heavy atom. The number of nitrogens with two attached hydrogens (primary N) is 1. The van der Waals surface area contributed by atoms with Gasteiger partial charge >= 0.3 is 0 Å². The number of ether oxygens (including phenoxy) is 1. The van der Waals surface area contributed by atoms with Crippen molar-refractivity contribution in [3.05, 3.63) is 76.7 Å². The molecule has 1 atom stereocenters. The molecule has 6 rings (SSSR count). The van der Waals surface area contributed by atoms with Crippen molar-refractivity contribution >= 4 is 22.4 Å². The molecule has 37 heavy (non-hydrogen) atoms. The van der Waals surface area contributed by atoms with Gasteiger partial charge in [-0.1, -0.05) is 6.07 Å². The summed E-state index contributed by atoms with van der Waals surface area (Å²) in [7, 11) is 0. The number of rotatable bonds is 6. The molecule has 5 aromatic rings. The molecule has 1 aliphatic heterocycles. The molecule has 10 nitrogen and oxygen atoms in total. The Morgan fingerprint density at radius 2 is 1.95 bits per heavy atom. The van der Waals surface area contributed by atoms with Gasteiger partial charge in [0.15, 0.2) is 5.65 Å². The number of hydrogen-bond acceptors (Lipinski definition) is 7. The summed E-state index contributed by atoms with van der Waals surface area (Å²) in [6, 6.07) is 11.7. The van der Waals surface area contributed by atoms with Crippen LogP contribution in [0.1, 0.15) is 24.2 Å². The third-order valence-electron chi connectivity index (χ3n) is 7.24. The second-order valence-corrected chi connectivity index (χ2v) is 9.51. The minimum atomic E-state index is -0.144. The van der Waals surface area contributed by atoms with Gasteiger partial charge in [0, 0.05) is 61.3 Å². The van der Waals surface area contributed by atoms with Crippen LogP contribution in [0.4, 0.5) is 5.82 Å². The number of aryl methyl sites for hydroxylation is 1. The summed E-state index contributed by atoms with van der Waals surface area (Å²) < 4.78 is 11.3. The van der Waals surface area contributed by atoms with Crippen LogP contribution in [0.25, 0.3) is 27.8 Å². The van der Waals surface area contributed by atoms with Crippen LogP contribution in [0.2, 0.25) is 0 Å². The Hall–Kier alpha value is -4.02. The van der Waals surface area contributed by atoms with E-state index in [1.165, 1.54) is 6.33 Å². The van der Waals surface area contributed by atoms with Crippen molar-refractivity contribution in [2.45, 2.75) is 26.4 Å². The smallest absolute Gasteiger partial charge is 0.250 e. The lowest BCUT2D eigenvalue weighted by Gasteiger charge is -2.26. The Labute approximate surface area is 213 Å². The summed E-state index contributed by atoms with van der Waals surface area (Å²) >= 11 is 0. The SMILES string of the molecule is Cc1nn(C(C)c2cc3ccccn3c2-c2ccc(=O)n(CCN3CCOCC3)c2)c2ncnc(N)c12. The first-order valence-corrected chi connectivity index (χ1v) is 12.6. The largest absolute Gasteiger partial charge is 0.383 e. The number of pyridine rings is 2. The maximum absolute atomic E-state index is 12.8. The second kappa shape index (κ2) is 9.45. The summed E-state index contributed by atoms with van der Waals surface area (Å²) in [5, 5.41) is 5.57. The first kappa shape index (κ1) is 23.4. The summed E-state index contributed by atoms with van der Waals surface area (Å²) in [4.78, 5) is 23.8. The van der Waals surface area contributed by atoms with Crippen LogP contribution in [0, 0.1) is 6.92 Å². The molecule has 0 aromatic carbocycles. The molecule has 5 aromatic heterocycles. The fourth-order valence-electron chi connectivity index (χ4n) is 5.26. The third kappa shape index (κ3) is 4.17. The van der Waals surface area contributed by atoms with E-state index in [1.807, 2.05) is 40.6 Å². The van der Waals surface area contributed by atoms with Crippen LogP contribution >= 0.6 is 0 Å². The molecule has 0 saturated carbocycles. The van der Waals surface area contributed by atoms with E-state index in [0.717, 1.165) is 66.3 Å². The fraction of sp³-hybridized carbons (Fsp3) is 0.333. The van der Waals surface area contributed by atoms with Gasteiger partial charge in [0.25, 0.3) is 5.56 Å². The molecular formula is C27H30N8O2. The average molecular weight is 499 g/mol. The highest BCUT2D eigenvalue weighted by atomic mass is 16.5. The van der Waals surface area contributed by atoms with E-state index < -0.39 is 0 Å². The van der Waals surface area contributed by atoms with Gasteiger partial charge in [-0.2, -0.15) is 5.10 Å². The topological polar surface area (TPSA) is 108 Å². The van der Waals surface area contributed by atoms with Gasteiger partial charge in [0.05, 0.1) is 36.0 Å². The number of hydrogen-bond donors (Lipinski definition) is 1. The molecule has 0 radical (unpaired) electrons. The van der Waals surface area contributed by atoms with Gasteiger partial charge in [-0.05, 0) is 38.1 Å².